The summed E-state index contributed by atoms with van der Waals surface area (Å²) in [7, 11) is 0. The molecule has 0 heterocycles. The smallest absolute Gasteiger partial charge is 0.303 e. The van der Waals surface area contributed by atoms with E-state index in [0.29, 0.717) is 32.2 Å². The Bertz CT molecular complexity index is 526. The molecule has 0 unspecified atom stereocenters. The number of aliphatic carboxylic acids is 1. The Balaban J connectivity index is 2.09. The molecule has 0 aromatic heterocycles. The minimum absolute atomic E-state index is 0.0499. The zero-order valence-electron chi connectivity index (χ0n) is 13.4. The monoisotopic (exact) mass is 320 g/mol. The van der Waals surface area contributed by atoms with Crippen molar-refractivity contribution in [2.45, 2.75) is 39.0 Å². The molecule has 0 saturated carbocycles. The highest BCUT2D eigenvalue weighted by molar-refractivity contribution is 5.84. The number of carbonyl (C=O) groups excluding carboxylic acids is 2. The zero-order valence-corrected chi connectivity index (χ0v) is 13.4. The molecule has 1 rings (SSSR count). The van der Waals surface area contributed by atoms with Crippen LogP contribution in [0.25, 0.3) is 0 Å². The summed E-state index contributed by atoms with van der Waals surface area (Å²) in [5.41, 5.74) is 2.27. The molecule has 2 amide bonds. The maximum atomic E-state index is 11.7. The molecule has 0 aliphatic heterocycles. The van der Waals surface area contributed by atoms with Crippen molar-refractivity contribution in [1.82, 2.24) is 10.6 Å². The van der Waals surface area contributed by atoms with Gasteiger partial charge in [-0.2, -0.15) is 0 Å². The lowest BCUT2D eigenvalue weighted by molar-refractivity contribution is -0.137. The normalized spacial score (nSPS) is 10.1. The van der Waals surface area contributed by atoms with E-state index >= 15 is 0 Å². The van der Waals surface area contributed by atoms with Crippen LogP contribution >= 0.6 is 0 Å². The molecule has 0 fully saturated rings. The fraction of sp³-hybridized carbons (Fsp3) is 0.471. The minimum atomic E-state index is -0.836. The summed E-state index contributed by atoms with van der Waals surface area (Å²) in [4.78, 5) is 33.5. The Hall–Kier alpha value is -2.37. The van der Waals surface area contributed by atoms with Gasteiger partial charge < -0.3 is 15.7 Å². The first-order valence-electron chi connectivity index (χ1n) is 7.78. The third kappa shape index (κ3) is 9.29. The highest BCUT2D eigenvalue weighted by Gasteiger charge is 2.06. The van der Waals surface area contributed by atoms with E-state index in [9.17, 15) is 14.4 Å². The van der Waals surface area contributed by atoms with Gasteiger partial charge in [0.25, 0.3) is 0 Å². The second-order valence-electron chi connectivity index (χ2n) is 5.46. The number of rotatable bonds is 10. The summed E-state index contributed by atoms with van der Waals surface area (Å²) in [5, 5.41) is 13.7. The van der Waals surface area contributed by atoms with Crippen molar-refractivity contribution >= 4 is 17.8 Å². The van der Waals surface area contributed by atoms with E-state index in [2.05, 4.69) is 10.6 Å². The maximum Gasteiger partial charge on any atom is 0.303 e. The number of hydrogen-bond donors (Lipinski definition) is 3. The van der Waals surface area contributed by atoms with E-state index in [4.69, 9.17) is 5.11 Å². The van der Waals surface area contributed by atoms with Gasteiger partial charge in [0, 0.05) is 19.4 Å². The average Bonchev–Trinajstić information content (AvgIpc) is 2.51. The number of carboxylic acid groups (broad SMARTS) is 1. The lowest BCUT2D eigenvalue weighted by atomic mass is 10.1. The molecule has 1 aromatic carbocycles. The molecule has 6 nitrogen and oxygen atoms in total. The van der Waals surface area contributed by atoms with Crippen LogP contribution in [0.3, 0.4) is 0 Å². The molecule has 0 atom stereocenters. The Morgan fingerprint density at radius 3 is 2.30 bits per heavy atom. The Morgan fingerprint density at radius 1 is 0.957 bits per heavy atom. The molecule has 3 N–H and O–H groups in total. The Labute approximate surface area is 136 Å². The first-order valence-corrected chi connectivity index (χ1v) is 7.78. The molecular weight excluding hydrogens is 296 g/mol. The fourth-order valence-electron chi connectivity index (χ4n) is 1.97. The number of benzene rings is 1. The Kier molecular flexibility index (Phi) is 8.42. The van der Waals surface area contributed by atoms with Crippen molar-refractivity contribution in [1.29, 1.82) is 0 Å². The standard InChI is InChI=1S/C17H24N2O4/c1-13-5-7-14(8-6-13)9-10-15(20)19-12-16(21)18-11-3-2-4-17(22)23/h5-8H,2-4,9-12H2,1H3,(H,18,21)(H,19,20)(H,22,23). The average molecular weight is 320 g/mol. The van der Waals surface area contributed by atoms with E-state index in [1.54, 1.807) is 0 Å². The van der Waals surface area contributed by atoms with Gasteiger partial charge in [-0.1, -0.05) is 29.8 Å². The van der Waals surface area contributed by atoms with Crippen LogP contribution in [0.15, 0.2) is 24.3 Å². The molecule has 6 heteroatoms. The van der Waals surface area contributed by atoms with Crippen LogP contribution in [0.5, 0.6) is 0 Å². The Morgan fingerprint density at radius 2 is 1.65 bits per heavy atom. The van der Waals surface area contributed by atoms with E-state index in [-0.39, 0.29) is 24.8 Å². The highest BCUT2D eigenvalue weighted by Crippen LogP contribution is 2.05. The summed E-state index contributed by atoms with van der Waals surface area (Å²) < 4.78 is 0. The number of unbranched alkanes of at least 4 members (excludes halogenated alkanes) is 1. The number of carbonyl (C=O) groups is 3. The second kappa shape index (κ2) is 10.4. The molecule has 1 aromatic rings. The van der Waals surface area contributed by atoms with Gasteiger partial charge in [-0.05, 0) is 31.7 Å². The first-order chi connectivity index (χ1) is 11.0. The lowest BCUT2D eigenvalue weighted by Gasteiger charge is -2.07. The minimum Gasteiger partial charge on any atom is -0.481 e. The molecular formula is C17H24N2O4. The second-order valence-corrected chi connectivity index (χ2v) is 5.46. The van der Waals surface area contributed by atoms with Crippen LogP contribution < -0.4 is 10.6 Å². The lowest BCUT2D eigenvalue weighted by Crippen LogP contribution is -2.37. The van der Waals surface area contributed by atoms with Gasteiger partial charge in [0.2, 0.25) is 11.8 Å². The number of aryl methyl sites for hydroxylation is 2. The topological polar surface area (TPSA) is 95.5 Å². The van der Waals surface area contributed by atoms with Crippen molar-refractivity contribution < 1.29 is 19.5 Å². The van der Waals surface area contributed by atoms with Crippen LogP contribution in [0, 0.1) is 6.92 Å². The largest absolute Gasteiger partial charge is 0.481 e. The highest BCUT2D eigenvalue weighted by atomic mass is 16.4. The molecule has 0 aliphatic rings. The van der Waals surface area contributed by atoms with E-state index in [1.165, 1.54) is 5.56 Å². The number of hydrogen-bond acceptors (Lipinski definition) is 3. The van der Waals surface area contributed by atoms with Crippen LogP contribution in [0.1, 0.15) is 36.8 Å². The summed E-state index contributed by atoms with van der Waals surface area (Å²) in [6.07, 6.45) is 2.22. The van der Waals surface area contributed by atoms with Gasteiger partial charge in [-0.3, -0.25) is 14.4 Å². The van der Waals surface area contributed by atoms with E-state index in [0.717, 1.165) is 5.56 Å². The van der Waals surface area contributed by atoms with Gasteiger partial charge in [-0.15, -0.1) is 0 Å². The quantitative estimate of drug-likeness (QED) is 0.568. The molecule has 0 spiro atoms. The van der Waals surface area contributed by atoms with Gasteiger partial charge in [0.1, 0.15) is 0 Å². The first kappa shape index (κ1) is 18.7. The summed E-state index contributed by atoms with van der Waals surface area (Å²) in [6, 6.07) is 8.00. The van der Waals surface area contributed by atoms with Crippen LogP contribution in [-0.2, 0) is 20.8 Å². The molecule has 23 heavy (non-hydrogen) atoms. The van der Waals surface area contributed by atoms with Gasteiger partial charge >= 0.3 is 5.97 Å². The van der Waals surface area contributed by atoms with Crippen LogP contribution in [0.4, 0.5) is 0 Å². The van der Waals surface area contributed by atoms with Crippen LogP contribution in [-0.4, -0.2) is 36.0 Å². The fourth-order valence-corrected chi connectivity index (χ4v) is 1.97. The maximum absolute atomic E-state index is 11.7. The van der Waals surface area contributed by atoms with Gasteiger partial charge in [-0.25, -0.2) is 0 Å². The summed E-state index contributed by atoms with van der Waals surface area (Å²) >= 11 is 0. The molecule has 0 bridgehead atoms. The van der Waals surface area contributed by atoms with Crippen molar-refractivity contribution in [2.75, 3.05) is 13.1 Å². The van der Waals surface area contributed by atoms with Crippen molar-refractivity contribution in [3.8, 4) is 0 Å². The van der Waals surface area contributed by atoms with E-state index < -0.39 is 5.97 Å². The summed E-state index contributed by atoms with van der Waals surface area (Å²) in [5.74, 6) is -1.26. The third-order valence-electron chi connectivity index (χ3n) is 3.35. The molecule has 126 valence electrons. The third-order valence-corrected chi connectivity index (χ3v) is 3.35. The van der Waals surface area contributed by atoms with Crippen molar-refractivity contribution in [3.05, 3.63) is 35.4 Å². The zero-order chi connectivity index (χ0) is 17.1. The SMILES string of the molecule is Cc1ccc(CCC(=O)NCC(=O)NCCCCC(=O)O)cc1. The van der Waals surface area contributed by atoms with E-state index in [1.807, 2.05) is 31.2 Å². The van der Waals surface area contributed by atoms with Gasteiger partial charge in [0.05, 0.1) is 6.54 Å². The number of amides is 2. The van der Waals surface area contributed by atoms with Crippen LogP contribution in [0.2, 0.25) is 0 Å². The molecule has 0 aliphatic carbocycles. The number of carboxylic acids is 1. The molecule has 0 radical (unpaired) electrons. The predicted molar refractivity (Wildman–Crippen MR) is 87.0 cm³/mol. The van der Waals surface area contributed by atoms with Gasteiger partial charge in [0.15, 0.2) is 0 Å². The van der Waals surface area contributed by atoms with Crippen molar-refractivity contribution in [2.24, 2.45) is 0 Å². The molecule has 0 saturated heterocycles. The predicted octanol–water partition coefficient (Wildman–Crippen LogP) is 1.41. The number of nitrogens with one attached hydrogen (secondary N) is 2. The summed E-state index contributed by atoms with van der Waals surface area (Å²) in [6.45, 7) is 2.38. The van der Waals surface area contributed by atoms with Crippen molar-refractivity contribution in [3.63, 3.8) is 0 Å².